The molecule has 10 nitrogen and oxygen atoms in total. The number of thioether (sulfide) groups is 1. The summed E-state index contributed by atoms with van der Waals surface area (Å²) in [7, 11) is 3.02. The van der Waals surface area contributed by atoms with Gasteiger partial charge in [-0.2, -0.15) is 0 Å². The number of rotatable bonds is 13. The molecule has 4 N–H and O–H groups in total. The van der Waals surface area contributed by atoms with Gasteiger partial charge in [-0.25, -0.2) is 4.79 Å². The number of aromatic carboxylic acids is 1. The smallest absolute Gasteiger partial charge is 0.335 e. The summed E-state index contributed by atoms with van der Waals surface area (Å²) in [6.07, 6.45) is 1.96. The van der Waals surface area contributed by atoms with Crippen LogP contribution in [0.15, 0.2) is 102 Å². The van der Waals surface area contributed by atoms with E-state index in [1.807, 2.05) is 6.92 Å². The molecule has 0 radical (unpaired) electrons. The largest absolute Gasteiger partial charge is 0.497 e. The van der Waals surface area contributed by atoms with E-state index in [-0.39, 0.29) is 27.9 Å². The summed E-state index contributed by atoms with van der Waals surface area (Å²) in [4.78, 5) is 51.9. The van der Waals surface area contributed by atoms with Crippen LogP contribution in [0, 0.1) is 0 Å². The topological polar surface area (TPSA) is 143 Å². The van der Waals surface area contributed by atoms with Crippen molar-refractivity contribution in [3.05, 3.63) is 118 Å². The molecule has 0 aliphatic rings. The fraction of sp³-hybridized carbons (Fsp3) is 0.143. The van der Waals surface area contributed by atoms with Crippen molar-refractivity contribution in [2.45, 2.75) is 23.5 Å². The SMILES string of the molecule is CCC(Sc1cccc(NC(=O)/C(=C\c2ccc(OC)cc2OC)NC(=O)c2ccccc2)c1)C(=O)Nc1cc(C(=O)O)ccc1Cl. The molecule has 47 heavy (non-hydrogen) atoms. The van der Waals surface area contributed by atoms with Crippen LogP contribution < -0.4 is 25.4 Å². The molecule has 0 fully saturated rings. The molecule has 1 unspecified atom stereocenters. The van der Waals surface area contributed by atoms with Gasteiger partial charge in [-0.1, -0.05) is 42.8 Å². The molecule has 1 atom stereocenters. The fourth-order valence-electron chi connectivity index (χ4n) is 4.34. The van der Waals surface area contributed by atoms with E-state index < -0.39 is 23.0 Å². The monoisotopic (exact) mass is 673 g/mol. The molecule has 4 aromatic rings. The molecule has 0 aliphatic heterocycles. The maximum absolute atomic E-state index is 13.6. The average Bonchev–Trinajstić information content (AvgIpc) is 3.08. The summed E-state index contributed by atoms with van der Waals surface area (Å²) in [6.45, 7) is 1.85. The number of carbonyl (C=O) groups is 4. The number of ether oxygens (including phenoxy) is 2. The molecule has 4 aromatic carbocycles. The predicted octanol–water partition coefficient (Wildman–Crippen LogP) is 6.97. The Morgan fingerprint density at radius 3 is 2.32 bits per heavy atom. The molecular formula is C35H32ClN3O7S. The Morgan fingerprint density at radius 1 is 0.872 bits per heavy atom. The van der Waals surface area contributed by atoms with E-state index in [4.69, 9.17) is 21.1 Å². The second kappa shape index (κ2) is 16.3. The van der Waals surface area contributed by atoms with E-state index in [9.17, 15) is 24.3 Å². The van der Waals surface area contributed by atoms with E-state index in [1.54, 1.807) is 72.8 Å². The summed E-state index contributed by atoms with van der Waals surface area (Å²) < 4.78 is 10.8. The quantitative estimate of drug-likeness (QED) is 0.0880. The van der Waals surface area contributed by atoms with Gasteiger partial charge in [-0.15, -0.1) is 11.8 Å². The van der Waals surface area contributed by atoms with Crippen molar-refractivity contribution in [2.24, 2.45) is 0 Å². The zero-order chi connectivity index (χ0) is 33.9. The minimum atomic E-state index is -1.14. The molecule has 0 heterocycles. The first-order valence-corrected chi connectivity index (χ1v) is 15.6. The second-order valence-corrected chi connectivity index (χ2v) is 11.7. The number of hydrogen-bond donors (Lipinski definition) is 4. The van der Waals surface area contributed by atoms with Crippen molar-refractivity contribution < 1.29 is 33.8 Å². The van der Waals surface area contributed by atoms with Crippen molar-refractivity contribution in [3.8, 4) is 11.5 Å². The van der Waals surface area contributed by atoms with Crippen molar-refractivity contribution in [1.29, 1.82) is 0 Å². The predicted molar refractivity (Wildman–Crippen MR) is 183 cm³/mol. The van der Waals surface area contributed by atoms with E-state index in [2.05, 4.69) is 16.0 Å². The Hall–Kier alpha value is -5.26. The van der Waals surface area contributed by atoms with E-state index in [1.165, 1.54) is 50.3 Å². The third-order valence-corrected chi connectivity index (χ3v) is 8.46. The van der Waals surface area contributed by atoms with Crippen LogP contribution in [-0.4, -0.2) is 48.3 Å². The molecule has 0 aromatic heterocycles. The number of carboxylic acids is 1. The fourth-order valence-corrected chi connectivity index (χ4v) is 5.51. The van der Waals surface area contributed by atoms with Crippen molar-refractivity contribution >= 4 is 64.5 Å². The van der Waals surface area contributed by atoms with Gasteiger partial charge in [0.1, 0.15) is 17.2 Å². The first-order chi connectivity index (χ1) is 22.6. The van der Waals surface area contributed by atoms with Crippen molar-refractivity contribution in [1.82, 2.24) is 5.32 Å². The third kappa shape index (κ3) is 9.38. The number of benzene rings is 4. The lowest BCUT2D eigenvalue weighted by molar-refractivity contribution is -0.116. The summed E-state index contributed by atoms with van der Waals surface area (Å²) in [5.74, 6) is -1.58. The molecule has 0 saturated heterocycles. The van der Waals surface area contributed by atoms with Crippen LogP contribution in [0.3, 0.4) is 0 Å². The maximum atomic E-state index is 13.6. The van der Waals surface area contributed by atoms with Crippen LogP contribution in [0.25, 0.3) is 6.08 Å². The van der Waals surface area contributed by atoms with Crippen LogP contribution in [-0.2, 0) is 9.59 Å². The van der Waals surface area contributed by atoms with Gasteiger partial charge in [0.25, 0.3) is 11.8 Å². The Bertz CT molecular complexity index is 1810. The number of hydrogen-bond acceptors (Lipinski definition) is 7. The molecular weight excluding hydrogens is 642 g/mol. The standard InChI is InChI=1S/C35H32ClN3O7S/c1-4-31(34(42)38-28-18-23(35(43)44)14-16-27(28)36)47-26-12-8-11-24(19-26)37-33(41)29(39-32(40)21-9-6-5-7-10-21)17-22-13-15-25(45-2)20-30(22)46-3/h5-20,31H,4H2,1-3H3,(H,37,41)(H,38,42)(H,39,40)(H,43,44)/b29-17+. The van der Waals surface area contributed by atoms with Gasteiger partial charge in [0.15, 0.2) is 0 Å². The highest BCUT2D eigenvalue weighted by Crippen LogP contribution is 2.31. The molecule has 0 bridgehead atoms. The first kappa shape index (κ1) is 34.6. The van der Waals surface area contributed by atoms with Crippen LogP contribution in [0.2, 0.25) is 5.02 Å². The summed E-state index contributed by atoms with van der Waals surface area (Å²) in [6, 6.07) is 24.6. The number of amides is 3. The lowest BCUT2D eigenvalue weighted by Gasteiger charge is -2.17. The van der Waals surface area contributed by atoms with Gasteiger partial charge in [0, 0.05) is 27.8 Å². The number of carboxylic acid groups (broad SMARTS) is 1. The zero-order valence-electron chi connectivity index (χ0n) is 25.7. The van der Waals surface area contributed by atoms with E-state index in [0.29, 0.717) is 39.6 Å². The highest BCUT2D eigenvalue weighted by atomic mass is 35.5. The number of methoxy groups -OCH3 is 2. The lowest BCUT2D eigenvalue weighted by atomic mass is 10.1. The molecule has 3 amide bonds. The first-order valence-electron chi connectivity index (χ1n) is 14.3. The minimum absolute atomic E-state index is 0.00680. The average molecular weight is 674 g/mol. The van der Waals surface area contributed by atoms with E-state index >= 15 is 0 Å². The molecule has 4 rings (SSSR count). The Morgan fingerprint density at radius 2 is 1.64 bits per heavy atom. The van der Waals surface area contributed by atoms with E-state index in [0.717, 1.165) is 0 Å². The highest BCUT2D eigenvalue weighted by Gasteiger charge is 2.21. The van der Waals surface area contributed by atoms with Gasteiger partial charge in [-0.3, -0.25) is 14.4 Å². The Balaban J connectivity index is 1.55. The lowest BCUT2D eigenvalue weighted by Crippen LogP contribution is -2.30. The molecule has 0 spiro atoms. The number of carbonyl (C=O) groups excluding carboxylic acids is 3. The third-order valence-electron chi connectivity index (χ3n) is 6.77. The summed E-state index contributed by atoms with van der Waals surface area (Å²) in [5, 5.41) is 17.2. The minimum Gasteiger partial charge on any atom is -0.497 e. The highest BCUT2D eigenvalue weighted by molar-refractivity contribution is 8.00. The number of anilines is 2. The normalized spacial score (nSPS) is 11.6. The molecule has 12 heteroatoms. The van der Waals surface area contributed by atoms with Crippen LogP contribution in [0.5, 0.6) is 11.5 Å². The van der Waals surface area contributed by atoms with Crippen molar-refractivity contribution in [3.63, 3.8) is 0 Å². The number of halogens is 1. The van der Waals surface area contributed by atoms with Gasteiger partial charge < -0.3 is 30.5 Å². The zero-order valence-corrected chi connectivity index (χ0v) is 27.3. The van der Waals surface area contributed by atoms with Crippen molar-refractivity contribution in [2.75, 3.05) is 24.9 Å². The van der Waals surface area contributed by atoms with Gasteiger partial charge in [0.05, 0.1) is 35.7 Å². The second-order valence-electron chi connectivity index (χ2n) is 9.97. The summed E-state index contributed by atoms with van der Waals surface area (Å²) >= 11 is 7.46. The molecule has 0 saturated carbocycles. The van der Waals surface area contributed by atoms with Gasteiger partial charge in [-0.05, 0) is 73.2 Å². The van der Waals surface area contributed by atoms with Crippen LogP contribution in [0.4, 0.5) is 11.4 Å². The molecule has 242 valence electrons. The summed E-state index contributed by atoms with van der Waals surface area (Å²) in [5.41, 5.74) is 1.48. The Labute approximate surface area is 281 Å². The maximum Gasteiger partial charge on any atom is 0.335 e. The van der Waals surface area contributed by atoms with Crippen LogP contribution >= 0.6 is 23.4 Å². The molecule has 0 aliphatic carbocycles. The van der Waals surface area contributed by atoms with Gasteiger partial charge >= 0.3 is 5.97 Å². The van der Waals surface area contributed by atoms with Gasteiger partial charge in [0.2, 0.25) is 5.91 Å². The van der Waals surface area contributed by atoms with Crippen LogP contribution in [0.1, 0.15) is 39.6 Å². The number of nitrogens with one attached hydrogen (secondary N) is 3. The Kier molecular flexibility index (Phi) is 12.0.